The molecule has 2 aromatic carbocycles. The van der Waals surface area contributed by atoms with Gasteiger partial charge in [-0.2, -0.15) is 0 Å². The zero-order valence-electron chi connectivity index (χ0n) is 16.2. The van der Waals surface area contributed by atoms with Crippen LogP contribution in [0.3, 0.4) is 0 Å². The lowest BCUT2D eigenvalue weighted by Crippen LogP contribution is -2.05. The molecule has 0 saturated carbocycles. The van der Waals surface area contributed by atoms with Gasteiger partial charge in [-0.3, -0.25) is 4.98 Å². The van der Waals surface area contributed by atoms with E-state index in [9.17, 15) is 4.79 Å². The van der Waals surface area contributed by atoms with Crippen molar-refractivity contribution in [1.82, 2.24) is 19.7 Å². The van der Waals surface area contributed by atoms with E-state index >= 15 is 0 Å². The van der Waals surface area contributed by atoms with Crippen LogP contribution in [0.2, 0.25) is 0 Å². The molecule has 1 N–H and O–H groups in total. The summed E-state index contributed by atoms with van der Waals surface area (Å²) in [6, 6.07) is 21.1. The van der Waals surface area contributed by atoms with Crippen LogP contribution in [0, 0.1) is 0 Å². The molecular weight excluding hydrogens is 396 g/mol. The summed E-state index contributed by atoms with van der Waals surface area (Å²) in [5.41, 5.74) is 3.55. The van der Waals surface area contributed by atoms with E-state index in [1.165, 1.54) is 5.56 Å². The van der Waals surface area contributed by atoms with Gasteiger partial charge < -0.3 is 9.67 Å². The molecule has 0 saturated heterocycles. The predicted molar refractivity (Wildman–Crippen MR) is 116 cm³/mol. The number of carbonyl (C=O) groups is 1. The first-order valence-corrected chi connectivity index (χ1v) is 10.5. The zero-order valence-corrected chi connectivity index (χ0v) is 17.0. The SMILES string of the molecule is O=C(O)c1ccc(CSc2nnc(-c3ccncc3)n2CCc2ccccc2)cc1. The van der Waals surface area contributed by atoms with Gasteiger partial charge in [0.1, 0.15) is 0 Å². The number of carboxylic acid groups (broad SMARTS) is 1. The van der Waals surface area contributed by atoms with Crippen molar-refractivity contribution in [2.24, 2.45) is 0 Å². The third-order valence-electron chi connectivity index (χ3n) is 4.69. The Morgan fingerprint density at radius 1 is 0.900 bits per heavy atom. The highest BCUT2D eigenvalue weighted by molar-refractivity contribution is 7.98. The molecule has 30 heavy (non-hydrogen) atoms. The minimum Gasteiger partial charge on any atom is -0.478 e. The van der Waals surface area contributed by atoms with Gasteiger partial charge in [-0.25, -0.2) is 4.79 Å². The second kappa shape index (κ2) is 9.37. The van der Waals surface area contributed by atoms with Crippen LogP contribution in [-0.4, -0.2) is 30.8 Å². The average molecular weight is 417 g/mol. The van der Waals surface area contributed by atoms with E-state index in [1.54, 1.807) is 36.3 Å². The maximum atomic E-state index is 11.0. The van der Waals surface area contributed by atoms with Crippen molar-refractivity contribution in [3.05, 3.63) is 95.8 Å². The zero-order chi connectivity index (χ0) is 20.8. The quantitative estimate of drug-likeness (QED) is 0.424. The van der Waals surface area contributed by atoms with Crippen LogP contribution in [0.15, 0.2) is 84.3 Å². The van der Waals surface area contributed by atoms with Crippen molar-refractivity contribution >= 4 is 17.7 Å². The number of hydrogen-bond acceptors (Lipinski definition) is 5. The normalized spacial score (nSPS) is 10.8. The van der Waals surface area contributed by atoms with Gasteiger partial charge >= 0.3 is 5.97 Å². The molecule has 0 aliphatic rings. The van der Waals surface area contributed by atoms with E-state index in [2.05, 4.69) is 31.9 Å². The minimum absolute atomic E-state index is 0.287. The number of rotatable bonds is 8. The molecule has 0 bridgehead atoms. The van der Waals surface area contributed by atoms with Gasteiger partial charge in [0.2, 0.25) is 0 Å². The lowest BCUT2D eigenvalue weighted by molar-refractivity contribution is 0.0697. The Labute approximate surface area is 178 Å². The number of benzene rings is 2. The molecule has 2 heterocycles. The van der Waals surface area contributed by atoms with E-state index in [1.807, 2.05) is 42.5 Å². The van der Waals surface area contributed by atoms with Gasteiger partial charge in [-0.1, -0.05) is 54.2 Å². The highest BCUT2D eigenvalue weighted by atomic mass is 32.2. The fourth-order valence-electron chi connectivity index (χ4n) is 3.09. The molecule has 0 aliphatic heterocycles. The Hall–Kier alpha value is -3.45. The first-order valence-electron chi connectivity index (χ1n) is 9.53. The van der Waals surface area contributed by atoms with Gasteiger partial charge in [0, 0.05) is 30.3 Å². The molecule has 0 unspecified atom stereocenters. The first-order chi connectivity index (χ1) is 14.7. The Balaban J connectivity index is 1.55. The Morgan fingerprint density at radius 2 is 1.63 bits per heavy atom. The summed E-state index contributed by atoms with van der Waals surface area (Å²) in [5.74, 6) is 0.577. The number of pyridine rings is 1. The lowest BCUT2D eigenvalue weighted by atomic mass is 10.1. The molecule has 6 nitrogen and oxygen atoms in total. The number of thioether (sulfide) groups is 1. The largest absolute Gasteiger partial charge is 0.478 e. The lowest BCUT2D eigenvalue weighted by Gasteiger charge is -2.10. The number of nitrogens with zero attached hydrogens (tertiary/aromatic N) is 4. The first kappa shape index (κ1) is 19.8. The van der Waals surface area contributed by atoms with Crippen molar-refractivity contribution in [2.45, 2.75) is 23.9 Å². The number of aromatic nitrogens is 4. The van der Waals surface area contributed by atoms with Crippen LogP contribution in [0.5, 0.6) is 0 Å². The van der Waals surface area contributed by atoms with Crippen LogP contribution in [0.25, 0.3) is 11.4 Å². The molecule has 0 fully saturated rings. The summed E-state index contributed by atoms with van der Waals surface area (Å²) >= 11 is 1.59. The predicted octanol–water partition coefficient (Wildman–Crippen LogP) is 4.57. The Morgan fingerprint density at radius 3 is 2.33 bits per heavy atom. The van der Waals surface area contributed by atoms with Crippen molar-refractivity contribution < 1.29 is 9.90 Å². The molecule has 4 aromatic rings. The number of hydrogen-bond donors (Lipinski definition) is 1. The van der Waals surface area contributed by atoms with Gasteiger partial charge in [0.15, 0.2) is 11.0 Å². The van der Waals surface area contributed by atoms with Crippen LogP contribution < -0.4 is 0 Å². The van der Waals surface area contributed by atoms with E-state index in [0.29, 0.717) is 5.75 Å². The van der Waals surface area contributed by atoms with Crippen LogP contribution in [0.1, 0.15) is 21.5 Å². The summed E-state index contributed by atoms with van der Waals surface area (Å²) in [6.07, 6.45) is 4.38. The fourth-order valence-corrected chi connectivity index (χ4v) is 4.01. The van der Waals surface area contributed by atoms with Gasteiger partial charge in [0.05, 0.1) is 5.56 Å². The van der Waals surface area contributed by atoms with Crippen molar-refractivity contribution in [3.8, 4) is 11.4 Å². The van der Waals surface area contributed by atoms with Crippen LogP contribution in [0.4, 0.5) is 0 Å². The molecule has 4 rings (SSSR count). The van der Waals surface area contributed by atoms with E-state index in [0.717, 1.165) is 35.1 Å². The monoisotopic (exact) mass is 416 g/mol. The molecular formula is C23H20N4O2S. The fraction of sp³-hybridized carbons (Fsp3) is 0.130. The van der Waals surface area contributed by atoms with Crippen molar-refractivity contribution in [3.63, 3.8) is 0 Å². The summed E-state index contributed by atoms with van der Waals surface area (Å²) in [5, 5.41) is 18.7. The van der Waals surface area contributed by atoms with Crippen LogP contribution >= 0.6 is 11.8 Å². The summed E-state index contributed by atoms with van der Waals surface area (Å²) in [4.78, 5) is 15.1. The number of aromatic carboxylic acids is 1. The molecule has 0 spiro atoms. The summed E-state index contributed by atoms with van der Waals surface area (Å²) in [7, 11) is 0. The molecule has 0 amide bonds. The Bertz CT molecular complexity index is 1110. The molecule has 150 valence electrons. The highest BCUT2D eigenvalue weighted by Gasteiger charge is 2.15. The van der Waals surface area contributed by atoms with Crippen molar-refractivity contribution in [1.29, 1.82) is 0 Å². The molecule has 0 atom stereocenters. The third kappa shape index (κ3) is 4.75. The second-order valence-electron chi connectivity index (χ2n) is 6.72. The average Bonchev–Trinajstić information content (AvgIpc) is 3.20. The molecule has 7 heteroatoms. The van der Waals surface area contributed by atoms with Crippen LogP contribution in [-0.2, 0) is 18.7 Å². The van der Waals surface area contributed by atoms with Gasteiger partial charge in [0.25, 0.3) is 0 Å². The standard InChI is InChI=1S/C23H20N4O2S/c28-22(29)20-8-6-18(7-9-20)16-30-23-26-25-21(19-10-13-24-14-11-19)27(23)15-12-17-4-2-1-3-5-17/h1-11,13-14H,12,15-16H2,(H,28,29). The molecule has 0 aliphatic carbocycles. The smallest absolute Gasteiger partial charge is 0.335 e. The Kier molecular flexibility index (Phi) is 6.20. The van der Waals surface area contributed by atoms with E-state index < -0.39 is 5.97 Å². The molecule has 2 aromatic heterocycles. The number of carboxylic acids is 1. The summed E-state index contributed by atoms with van der Waals surface area (Å²) < 4.78 is 2.14. The maximum Gasteiger partial charge on any atom is 0.335 e. The maximum absolute atomic E-state index is 11.0. The van der Waals surface area contributed by atoms with E-state index in [4.69, 9.17) is 5.11 Å². The van der Waals surface area contributed by atoms with Gasteiger partial charge in [-0.05, 0) is 41.8 Å². The highest BCUT2D eigenvalue weighted by Crippen LogP contribution is 2.26. The molecule has 0 radical (unpaired) electrons. The van der Waals surface area contributed by atoms with Crippen molar-refractivity contribution in [2.75, 3.05) is 0 Å². The minimum atomic E-state index is -0.920. The second-order valence-corrected chi connectivity index (χ2v) is 7.66. The van der Waals surface area contributed by atoms with E-state index in [-0.39, 0.29) is 5.56 Å². The van der Waals surface area contributed by atoms with Gasteiger partial charge in [-0.15, -0.1) is 10.2 Å². The summed E-state index contributed by atoms with van der Waals surface area (Å²) in [6.45, 7) is 0.759. The third-order valence-corrected chi connectivity index (χ3v) is 5.73. The topological polar surface area (TPSA) is 80.9 Å². The number of aryl methyl sites for hydroxylation is 1.